The van der Waals surface area contributed by atoms with Crippen molar-refractivity contribution in [3.05, 3.63) is 0 Å². The van der Waals surface area contributed by atoms with E-state index in [1.54, 1.807) is 0 Å². The standard InChI is InChI=1S/C24H36N2O4/c1-2-24(29)10-21(27)30-12-17-18(24)9-20-22-16(11-26(20)23(17)28)7-15-6-13-4-3-5-14(13)8-19(15)25-22/h13-20,22,25,29H,2-12H2,1H3. The molecule has 10 atom stereocenters. The fourth-order valence-electron chi connectivity index (χ4n) is 8.50. The largest absolute Gasteiger partial charge is 0.465 e. The molecule has 0 aromatic carbocycles. The molecule has 0 aromatic rings. The van der Waals surface area contributed by atoms with Crippen LogP contribution in [0.25, 0.3) is 0 Å². The summed E-state index contributed by atoms with van der Waals surface area (Å²) in [4.78, 5) is 27.7. The lowest BCUT2D eigenvalue weighted by atomic mass is 9.65. The van der Waals surface area contributed by atoms with Crippen LogP contribution in [0.15, 0.2) is 0 Å². The van der Waals surface area contributed by atoms with Gasteiger partial charge in [-0.2, -0.15) is 0 Å². The Labute approximate surface area is 179 Å². The van der Waals surface area contributed by atoms with Crippen molar-refractivity contribution in [2.75, 3.05) is 13.2 Å². The molecule has 6 heteroatoms. The Balaban J connectivity index is 1.26. The van der Waals surface area contributed by atoms with Crippen LogP contribution in [-0.4, -0.2) is 58.8 Å². The first-order valence-corrected chi connectivity index (χ1v) is 12.4. The van der Waals surface area contributed by atoms with E-state index in [0.29, 0.717) is 24.4 Å². The van der Waals surface area contributed by atoms with Gasteiger partial charge in [-0.25, -0.2) is 0 Å². The fraction of sp³-hybridized carbons (Fsp3) is 0.917. The van der Waals surface area contributed by atoms with Crippen LogP contribution in [0.3, 0.4) is 0 Å². The van der Waals surface area contributed by atoms with Gasteiger partial charge >= 0.3 is 5.97 Å². The first kappa shape index (κ1) is 19.5. The van der Waals surface area contributed by atoms with E-state index in [1.165, 1.54) is 38.5 Å². The van der Waals surface area contributed by atoms with Crippen molar-refractivity contribution >= 4 is 11.9 Å². The summed E-state index contributed by atoms with van der Waals surface area (Å²) in [7, 11) is 0. The summed E-state index contributed by atoms with van der Waals surface area (Å²) < 4.78 is 5.36. The Morgan fingerprint density at radius 2 is 1.87 bits per heavy atom. The van der Waals surface area contributed by atoms with Crippen LogP contribution in [0.2, 0.25) is 0 Å². The number of rotatable bonds is 1. The van der Waals surface area contributed by atoms with Gasteiger partial charge in [0.2, 0.25) is 5.91 Å². The summed E-state index contributed by atoms with van der Waals surface area (Å²) in [5.41, 5.74) is -1.13. The average molecular weight is 417 g/mol. The van der Waals surface area contributed by atoms with Gasteiger partial charge in [-0.05, 0) is 55.8 Å². The molecule has 6 fully saturated rings. The van der Waals surface area contributed by atoms with Gasteiger partial charge in [-0.1, -0.05) is 26.2 Å². The van der Waals surface area contributed by atoms with Crippen LogP contribution in [0.4, 0.5) is 0 Å². The van der Waals surface area contributed by atoms with Gasteiger partial charge in [0.15, 0.2) is 0 Å². The molecule has 2 saturated carbocycles. The predicted molar refractivity (Wildman–Crippen MR) is 110 cm³/mol. The molecule has 4 aliphatic heterocycles. The van der Waals surface area contributed by atoms with E-state index in [0.717, 1.165) is 30.7 Å². The van der Waals surface area contributed by atoms with Crippen LogP contribution in [0.1, 0.15) is 64.7 Å². The Bertz CT molecular complexity index is 743. The topological polar surface area (TPSA) is 78.9 Å². The average Bonchev–Trinajstić information content (AvgIpc) is 3.29. The minimum atomic E-state index is -1.13. The van der Waals surface area contributed by atoms with Crippen LogP contribution >= 0.6 is 0 Å². The fourth-order valence-corrected chi connectivity index (χ4v) is 8.50. The maximum Gasteiger partial charge on any atom is 0.308 e. The molecule has 4 saturated heterocycles. The minimum absolute atomic E-state index is 0.0138. The Hall–Kier alpha value is -1.14. The Kier molecular flexibility index (Phi) is 4.51. The van der Waals surface area contributed by atoms with Gasteiger partial charge in [-0.3, -0.25) is 9.59 Å². The van der Waals surface area contributed by atoms with Gasteiger partial charge in [0.25, 0.3) is 0 Å². The molecule has 166 valence electrons. The molecule has 2 N–H and O–H groups in total. The van der Waals surface area contributed by atoms with Crippen molar-refractivity contribution in [3.63, 3.8) is 0 Å². The van der Waals surface area contributed by atoms with Crippen molar-refractivity contribution < 1.29 is 19.4 Å². The number of nitrogens with zero attached hydrogens (tertiary/aromatic N) is 1. The number of cyclic esters (lactones) is 1. The van der Waals surface area contributed by atoms with Gasteiger partial charge in [-0.15, -0.1) is 0 Å². The molecule has 10 unspecified atom stereocenters. The molecule has 6 nitrogen and oxygen atoms in total. The summed E-state index contributed by atoms with van der Waals surface area (Å²) in [5.74, 6) is 2.29. The molecule has 30 heavy (non-hydrogen) atoms. The van der Waals surface area contributed by atoms with Gasteiger partial charge in [0, 0.05) is 30.6 Å². The zero-order valence-electron chi connectivity index (χ0n) is 18.1. The number of aliphatic hydroxyl groups is 1. The Morgan fingerprint density at radius 3 is 2.67 bits per heavy atom. The van der Waals surface area contributed by atoms with Crippen molar-refractivity contribution in [1.29, 1.82) is 0 Å². The van der Waals surface area contributed by atoms with Crippen molar-refractivity contribution in [1.82, 2.24) is 10.2 Å². The van der Waals surface area contributed by atoms with Crippen LogP contribution in [0, 0.1) is 35.5 Å². The number of ether oxygens (including phenoxy) is 1. The zero-order valence-corrected chi connectivity index (χ0v) is 18.1. The van der Waals surface area contributed by atoms with E-state index in [1.807, 2.05) is 6.92 Å². The molecule has 4 heterocycles. The molecule has 6 rings (SSSR count). The highest BCUT2D eigenvalue weighted by Crippen LogP contribution is 2.51. The molecular formula is C24H36N2O4. The third-order valence-electron chi connectivity index (χ3n) is 10.1. The number of nitrogens with one attached hydrogen (secondary N) is 1. The molecule has 1 amide bonds. The smallest absolute Gasteiger partial charge is 0.308 e. The number of esters is 1. The van der Waals surface area contributed by atoms with Crippen molar-refractivity contribution in [2.24, 2.45) is 35.5 Å². The van der Waals surface area contributed by atoms with E-state index in [2.05, 4.69) is 10.2 Å². The number of piperidine rings is 2. The number of hydrogen-bond donors (Lipinski definition) is 2. The quantitative estimate of drug-likeness (QED) is 0.640. The van der Waals surface area contributed by atoms with E-state index in [4.69, 9.17) is 4.74 Å². The van der Waals surface area contributed by atoms with Gasteiger partial charge in [0.05, 0.1) is 17.9 Å². The first-order chi connectivity index (χ1) is 14.5. The highest BCUT2D eigenvalue weighted by molar-refractivity contribution is 5.83. The molecule has 0 aromatic heterocycles. The monoisotopic (exact) mass is 416 g/mol. The predicted octanol–water partition coefficient (Wildman–Crippen LogP) is 2.09. The summed E-state index contributed by atoms with van der Waals surface area (Å²) in [6, 6.07) is 1.09. The molecule has 6 aliphatic rings. The number of fused-ring (bicyclic) bond motifs is 6. The molecule has 0 bridgehead atoms. The van der Waals surface area contributed by atoms with Crippen LogP contribution in [0.5, 0.6) is 0 Å². The third kappa shape index (κ3) is 2.82. The van der Waals surface area contributed by atoms with E-state index in [9.17, 15) is 14.7 Å². The second kappa shape index (κ2) is 6.93. The highest BCUT2D eigenvalue weighted by Gasteiger charge is 2.59. The van der Waals surface area contributed by atoms with Crippen molar-refractivity contribution in [3.8, 4) is 0 Å². The molecule has 0 spiro atoms. The lowest BCUT2D eigenvalue weighted by molar-refractivity contribution is -0.153. The number of carbonyl (C=O) groups is 2. The number of amides is 1. The highest BCUT2D eigenvalue weighted by atomic mass is 16.5. The zero-order chi connectivity index (χ0) is 20.6. The minimum Gasteiger partial charge on any atom is -0.465 e. The number of carbonyl (C=O) groups excluding carboxylic acids is 2. The second-order valence-corrected chi connectivity index (χ2v) is 11.3. The van der Waals surface area contributed by atoms with E-state index < -0.39 is 5.60 Å². The molecule has 0 radical (unpaired) electrons. The van der Waals surface area contributed by atoms with Gasteiger partial charge < -0.3 is 20.1 Å². The van der Waals surface area contributed by atoms with Crippen LogP contribution < -0.4 is 5.32 Å². The van der Waals surface area contributed by atoms with Crippen LogP contribution in [-0.2, 0) is 14.3 Å². The SMILES string of the molecule is CCC1(O)CC(=O)OCC2C(=O)N3CC4CC5CC6CCCC6CC5NC4C3CC21. The summed E-state index contributed by atoms with van der Waals surface area (Å²) >= 11 is 0. The summed E-state index contributed by atoms with van der Waals surface area (Å²) in [6.07, 6.45) is 9.45. The molecular weight excluding hydrogens is 380 g/mol. The first-order valence-electron chi connectivity index (χ1n) is 12.4. The van der Waals surface area contributed by atoms with Gasteiger partial charge in [0.1, 0.15) is 6.61 Å². The second-order valence-electron chi connectivity index (χ2n) is 11.3. The summed E-state index contributed by atoms with van der Waals surface area (Å²) in [5, 5.41) is 15.4. The normalized spacial score (nSPS) is 52.5. The molecule has 2 aliphatic carbocycles. The maximum absolute atomic E-state index is 13.5. The van der Waals surface area contributed by atoms with E-state index in [-0.39, 0.29) is 42.8 Å². The Morgan fingerprint density at radius 1 is 1.10 bits per heavy atom. The summed E-state index contributed by atoms with van der Waals surface area (Å²) in [6.45, 7) is 2.89. The number of hydrogen-bond acceptors (Lipinski definition) is 5. The van der Waals surface area contributed by atoms with Crippen molar-refractivity contribution in [2.45, 2.75) is 88.4 Å². The maximum atomic E-state index is 13.5. The third-order valence-corrected chi connectivity index (χ3v) is 10.1. The lowest BCUT2D eigenvalue weighted by Gasteiger charge is -2.49. The van der Waals surface area contributed by atoms with E-state index >= 15 is 0 Å². The lowest BCUT2D eigenvalue weighted by Crippen LogP contribution is -2.61.